The molecule has 1 aliphatic heterocycles. The van der Waals surface area contributed by atoms with Gasteiger partial charge in [-0.25, -0.2) is 0 Å². The van der Waals surface area contributed by atoms with Gasteiger partial charge in [-0.15, -0.1) is 0 Å². The average Bonchev–Trinajstić information content (AvgIpc) is 3.09. The molecule has 0 aromatic carbocycles. The Morgan fingerprint density at radius 2 is 1.76 bits per heavy atom. The van der Waals surface area contributed by atoms with Crippen LogP contribution in [-0.2, 0) is 16.1 Å². The highest BCUT2D eigenvalue weighted by atomic mass is 16.5. The van der Waals surface area contributed by atoms with Crippen molar-refractivity contribution in [2.75, 3.05) is 66.6 Å². The molecule has 3 aliphatic rings. The van der Waals surface area contributed by atoms with Crippen LogP contribution in [0.5, 0.6) is 0 Å². The van der Waals surface area contributed by atoms with Crippen LogP contribution in [0.2, 0.25) is 0 Å². The van der Waals surface area contributed by atoms with E-state index in [0.717, 1.165) is 84.7 Å². The molecule has 2 aliphatic carbocycles. The number of carbonyl (C=O) groups is 1. The lowest BCUT2D eigenvalue weighted by Gasteiger charge is -2.20. The Labute approximate surface area is 230 Å². The number of ether oxygens (including phenoxy) is 1. The molecule has 210 valence electrons. The van der Waals surface area contributed by atoms with E-state index >= 15 is 0 Å². The highest BCUT2D eigenvalue weighted by Gasteiger charge is 2.14. The molecule has 0 N–H and O–H groups in total. The Kier molecular flexibility index (Phi) is 13.1. The number of hydrogen-bond acceptors (Lipinski definition) is 4. The van der Waals surface area contributed by atoms with Gasteiger partial charge >= 0.3 is 0 Å². The van der Waals surface area contributed by atoms with Gasteiger partial charge < -0.3 is 24.0 Å². The first-order chi connectivity index (χ1) is 18.5. The summed E-state index contributed by atoms with van der Waals surface area (Å²) in [5.74, 6) is 0.0681. The molecule has 38 heavy (non-hydrogen) atoms. The molecule has 2 heterocycles. The zero-order valence-corrected chi connectivity index (χ0v) is 24.3. The molecule has 1 fully saturated rings. The Morgan fingerprint density at radius 3 is 2.47 bits per heavy atom. The van der Waals surface area contributed by atoms with Gasteiger partial charge in [0.05, 0.1) is 6.61 Å². The van der Waals surface area contributed by atoms with Crippen molar-refractivity contribution in [3.63, 3.8) is 0 Å². The summed E-state index contributed by atoms with van der Waals surface area (Å²) in [6, 6.07) is 0. The summed E-state index contributed by atoms with van der Waals surface area (Å²) in [5, 5.41) is 2.63. The summed E-state index contributed by atoms with van der Waals surface area (Å²) in [4.78, 5) is 19.2. The van der Waals surface area contributed by atoms with Gasteiger partial charge in [0, 0.05) is 74.3 Å². The summed E-state index contributed by atoms with van der Waals surface area (Å²) in [6.07, 6.45) is 23.9. The van der Waals surface area contributed by atoms with Gasteiger partial charge in [-0.2, -0.15) is 0 Å². The SMILES string of the molecule is C1=CCCC=C1.CCN(C)CCN(C)C(=O)/C=C/c1c(C)n(CCCN2CCCOCC2)c2c1=CCCC=2. The normalized spacial score (nSPS) is 17.4. The van der Waals surface area contributed by atoms with Crippen LogP contribution in [0.25, 0.3) is 18.2 Å². The number of aromatic nitrogens is 1. The lowest BCUT2D eigenvalue weighted by atomic mass is 10.1. The molecule has 4 rings (SSSR count). The molecule has 1 aromatic rings. The van der Waals surface area contributed by atoms with Crippen molar-refractivity contribution in [3.8, 4) is 0 Å². The van der Waals surface area contributed by atoms with Gasteiger partial charge in [0.2, 0.25) is 5.91 Å². The third-order valence-electron chi connectivity index (χ3n) is 7.68. The van der Waals surface area contributed by atoms with Gasteiger partial charge in [-0.1, -0.05) is 43.4 Å². The van der Waals surface area contributed by atoms with Crippen molar-refractivity contribution in [3.05, 3.63) is 52.2 Å². The monoisotopic (exact) mass is 522 g/mol. The predicted molar refractivity (Wildman–Crippen MR) is 160 cm³/mol. The van der Waals surface area contributed by atoms with E-state index < -0.39 is 0 Å². The minimum Gasteiger partial charge on any atom is -0.380 e. The second-order valence-corrected chi connectivity index (χ2v) is 10.5. The number of allylic oxidation sites excluding steroid dienone is 4. The maximum Gasteiger partial charge on any atom is 0.246 e. The number of fused-ring (bicyclic) bond motifs is 1. The van der Waals surface area contributed by atoms with Crippen LogP contribution in [-0.4, -0.2) is 91.8 Å². The molecule has 1 amide bonds. The highest BCUT2D eigenvalue weighted by molar-refractivity contribution is 5.91. The van der Waals surface area contributed by atoms with E-state index in [1.807, 2.05) is 18.0 Å². The maximum atomic E-state index is 12.7. The van der Waals surface area contributed by atoms with Crippen molar-refractivity contribution in [2.24, 2.45) is 0 Å². The predicted octanol–water partition coefficient (Wildman–Crippen LogP) is 3.58. The summed E-state index contributed by atoms with van der Waals surface area (Å²) < 4.78 is 8.05. The van der Waals surface area contributed by atoms with E-state index in [-0.39, 0.29) is 5.91 Å². The van der Waals surface area contributed by atoms with Crippen LogP contribution in [0, 0.1) is 6.92 Å². The summed E-state index contributed by atoms with van der Waals surface area (Å²) in [7, 11) is 3.97. The van der Waals surface area contributed by atoms with Crippen LogP contribution in [0.3, 0.4) is 0 Å². The molecule has 1 saturated heterocycles. The average molecular weight is 523 g/mol. The molecule has 1 aromatic heterocycles. The molecule has 6 heteroatoms. The van der Waals surface area contributed by atoms with Crippen LogP contribution in [0.15, 0.2) is 30.4 Å². The lowest BCUT2D eigenvalue weighted by molar-refractivity contribution is -0.124. The van der Waals surface area contributed by atoms with Gasteiger partial charge in [0.15, 0.2) is 0 Å². The topological polar surface area (TPSA) is 41.0 Å². The first-order valence-electron chi connectivity index (χ1n) is 14.6. The zero-order chi connectivity index (χ0) is 27.2. The van der Waals surface area contributed by atoms with E-state index in [1.54, 1.807) is 6.08 Å². The van der Waals surface area contributed by atoms with Crippen molar-refractivity contribution in [2.45, 2.75) is 58.9 Å². The smallest absolute Gasteiger partial charge is 0.246 e. The third-order valence-corrected chi connectivity index (χ3v) is 7.68. The van der Waals surface area contributed by atoms with Crippen LogP contribution >= 0.6 is 0 Å². The largest absolute Gasteiger partial charge is 0.380 e. The minimum atomic E-state index is 0.0681. The van der Waals surface area contributed by atoms with Crippen molar-refractivity contribution < 1.29 is 9.53 Å². The number of rotatable bonds is 10. The fraction of sp³-hybridized carbons (Fsp3) is 0.594. The van der Waals surface area contributed by atoms with Gasteiger partial charge in [0.25, 0.3) is 0 Å². The van der Waals surface area contributed by atoms with Gasteiger partial charge in [-0.05, 0) is 71.7 Å². The first-order valence-corrected chi connectivity index (χ1v) is 14.6. The molecule has 0 unspecified atom stereocenters. The van der Waals surface area contributed by atoms with Gasteiger partial charge in [-0.3, -0.25) is 4.79 Å². The van der Waals surface area contributed by atoms with Crippen LogP contribution in [0.4, 0.5) is 0 Å². The van der Waals surface area contributed by atoms with Crippen molar-refractivity contribution >= 4 is 24.1 Å². The number of amides is 1. The molecular weight excluding hydrogens is 472 g/mol. The Hall–Kier alpha value is -2.41. The Morgan fingerprint density at radius 1 is 1.00 bits per heavy atom. The van der Waals surface area contributed by atoms with Crippen molar-refractivity contribution in [1.29, 1.82) is 0 Å². The van der Waals surface area contributed by atoms with E-state index in [4.69, 9.17) is 4.74 Å². The van der Waals surface area contributed by atoms with Crippen LogP contribution < -0.4 is 10.6 Å². The van der Waals surface area contributed by atoms with E-state index in [9.17, 15) is 4.79 Å². The number of nitrogens with zero attached hydrogens (tertiary/aromatic N) is 4. The van der Waals surface area contributed by atoms with Crippen molar-refractivity contribution in [1.82, 2.24) is 19.3 Å². The summed E-state index contributed by atoms with van der Waals surface area (Å²) >= 11 is 0. The molecule has 0 bridgehead atoms. The standard InChI is InChI=1S/C26H42N4O2.C6H8/c1-5-27(3)17-18-28(4)26(31)13-12-23-22(2)30(25-11-7-6-10-24(23)25)16-8-14-29-15-9-20-32-21-19-29;1-2-4-6-5-3-1/h10-13H,5-9,14-21H2,1-4H3;1-4H,5-6H2/b13-12+;. The first kappa shape index (κ1) is 30.1. The summed E-state index contributed by atoms with van der Waals surface area (Å²) in [5.41, 5.74) is 2.47. The second-order valence-electron chi connectivity index (χ2n) is 10.5. The quantitative estimate of drug-likeness (QED) is 0.441. The minimum absolute atomic E-state index is 0.0681. The molecule has 0 atom stereocenters. The molecule has 0 spiro atoms. The molecule has 0 radical (unpaired) electrons. The maximum absolute atomic E-state index is 12.7. The lowest BCUT2D eigenvalue weighted by Crippen LogP contribution is -2.34. The van der Waals surface area contributed by atoms with E-state index in [2.05, 4.69) is 71.7 Å². The van der Waals surface area contributed by atoms with E-state index in [0.29, 0.717) is 0 Å². The van der Waals surface area contributed by atoms with E-state index in [1.165, 1.54) is 34.7 Å². The fourth-order valence-electron chi connectivity index (χ4n) is 5.07. The molecular formula is C32H50N4O2. The second kappa shape index (κ2) is 16.5. The zero-order valence-electron chi connectivity index (χ0n) is 24.3. The number of likely N-dealkylation sites (N-methyl/N-ethyl adjacent to an activating group) is 2. The Balaban J connectivity index is 0.000000585. The van der Waals surface area contributed by atoms with Crippen LogP contribution in [0.1, 0.15) is 56.7 Å². The molecule has 0 saturated carbocycles. The van der Waals surface area contributed by atoms with Gasteiger partial charge in [0.1, 0.15) is 0 Å². The number of hydrogen-bond donors (Lipinski definition) is 0. The summed E-state index contributed by atoms with van der Waals surface area (Å²) in [6.45, 7) is 13.0. The molecule has 6 nitrogen and oxygen atoms in total. The third kappa shape index (κ3) is 9.40. The number of carbonyl (C=O) groups excluding carboxylic acids is 1. The highest BCUT2D eigenvalue weighted by Crippen LogP contribution is 2.10. The fourth-order valence-corrected chi connectivity index (χ4v) is 5.07. The Bertz CT molecular complexity index is 1060.